The van der Waals surface area contributed by atoms with E-state index < -0.39 is 11.4 Å². The normalized spacial score (nSPS) is 27.2. The van der Waals surface area contributed by atoms with E-state index in [9.17, 15) is 9.90 Å². The van der Waals surface area contributed by atoms with Crippen molar-refractivity contribution in [2.75, 3.05) is 7.11 Å². The van der Waals surface area contributed by atoms with E-state index in [2.05, 4.69) is 0 Å². The Bertz CT molecular complexity index is 467. The van der Waals surface area contributed by atoms with Gasteiger partial charge in [0.15, 0.2) is 0 Å². The Labute approximate surface area is 108 Å². The molecule has 1 saturated carbocycles. The molecule has 1 aliphatic carbocycles. The topological polar surface area (TPSA) is 46.5 Å². The van der Waals surface area contributed by atoms with Crippen LogP contribution in [-0.4, -0.2) is 18.2 Å². The van der Waals surface area contributed by atoms with Gasteiger partial charge in [0.05, 0.1) is 12.5 Å². The molecule has 1 aromatic rings. The first kappa shape index (κ1) is 12.9. The molecule has 3 heteroatoms. The van der Waals surface area contributed by atoms with Gasteiger partial charge in [-0.2, -0.15) is 0 Å². The zero-order valence-corrected chi connectivity index (χ0v) is 11.2. The molecule has 3 nitrogen and oxygen atoms in total. The fourth-order valence-electron chi connectivity index (χ4n) is 3.18. The number of carboxylic acids is 1. The minimum atomic E-state index is -0.780. The van der Waals surface area contributed by atoms with Gasteiger partial charge in [0.2, 0.25) is 0 Å². The van der Waals surface area contributed by atoms with Crippen LogP contribution >= 0.6 is 0 Å². The van der Waals surface area contributed by atoms with Crippen molar-refractivity contribution in [3.05, 3.63) is 29.3 Å². The van der Waals surface area contributed by atoms with Crippen molar-refractivity contribution in [1.29, 1.82) is 0 Å². The molecule has 0 bridgehead atoms. The van der Waals surface area contributed by atoms with Crippen molar-refractivity contribution in [2.45, 2.75) is 38.5 Å². The Kier molecular flexibility index (Phi) is 3.33. The number of hydrogen-bond donors (Lipinski definition) is 1. The highest BCUT2D eigenvalue weighted by molar-refractivity contribution is 5.83. The average Bonchev–Trinajstić information content (AvgIpc) is 2.72. The number of carbonyl (C=O) groups is 1. The second kappa shape index (κ2) is 4.63. The Balaban J connectivity index is 2.63. The molecule has 0 aliphatic heterocycles. The van der Waals surface area contributed by atoms with Crippen LogP contribution in [0.15, 0.2) is 18.2 Å². The summed E-state index contributed by atoms with van der Waals surface area (Å²) >= 11 is 0. The fourth-order valence-corrected chi connectivity index (χ4v) is 3.18. The number of benzene rings is 1. The largest absolute Gasteiger partial charge is 0.496 e. The maximum atomic E-state index is 11.9. The molecule has 0 aromatic heterocycles. The SMILES string of the molecule is COc1ccc(C)cc1C1(C(=O)O)CCCC1C. The number of hydrogen-bond acceptors (Lipinski definition) is 2. The molecule has 1 aromatic carbocycles. The third-order valence-electron chi connectivity index (χ3n) is 4.27. The summed E-state index contributed by atoms with van der Waals surface area (Å²) in [5.41, 5.74) is 1.13. The zero-order chi connectivity index (χ0) is 13.3. The molecule has 98 valence electrons. The molecule has 18 heavy (non-hydrogen) atoms. The average molecular weight is 248 g/mol. The van der Waals surface area contributed by atoms with Crippen LogP contribution in [0.2, 0.25) is 0 Å². The molecule has 1 N–H and O–H groups in total. The predicted molar refractivity (Wildman–Crippen MR) is 70.1 cm³/mol. The molecule has 2 unspecified atom stereocenters. The number of carboxylic acid groups (broad SMARTS) is 1. The van der Waals surface area contributed by atoms with Crippen molar-refractivity contribution in [3.63, 3.8) is 0 Å². The van der Waals surface area contributed by atoms with Crippen molar-refractivity contribution in [2.24, 2.45) is 5.92 Å². The van der Waals surface area contributed by atoms with Crippen LogP contribution in [0.3, 0.4) is 0 Å². The Hall–Kier alpha value is -1.51. The van der Waals surface area contributed by atoms with Crippen molar-refractivity contribution < 1.29 is 14.6 Å². The number of rotatable bonds is 3. The van der Waals surface area contributed by atoms with E-state index in [1.807, 2.05) is 32.0 Å². The van der Waals surface area contributed by atoms with E-state index in [1.165, 1.54) is 0 Å². The number of ether oxygens (including phenoxy) is 1. The van der Waals surface area contributed by atoms with E-state index in [0.29, 0.717) is 12.2 Å². The molecule has 0 amide bonds. The van der Waals surface area contributed by atoms with Crippen LogP contribution in [0.4, 0.5) is 0 Å². The molecular formula is C15H20O3. The third-order valence-corrected chi connectivity index (χ3v) is 4.27. The summed E-state index contributed by atoms with van der Waals surface area (Å²) in [5, 5.41) is 9.74. The second-order valence-electron chi connectivity index (χ2n) is 5.27. The lowest BCUT2D eigenvalue weighted by atomic mass is 9.72. The van der Waals surface area contributed by atoms with E-state index >= 15 is 0 Å². The summed E-state index contributed by atoms with van der Waals surface area (Å²) in [6.07, 6.45) is 2.62. The van der Waals surface area contributed by atoms with Crippen LogP contribution in [-0.2, 0) is 10.2 Å². The minimum absolute atomic E-state index is 0.144. The van der Waals surface area contributed by atoms with Crippen LogP contribution in [0.5, 0.6) is 5.75 Å². The van der Waals surface area contributed by atoms with E-state index in [0.717, 1.165) is 24.0 Å². The van der Waals surface area contributed by atoms with Crippen molar-refractivity contribution in [1.82, 2.24) is 0 Å². The van der Waals surface area contributed by atoms with Gasteiger partial charge in [-0.15, -0.1) is 0 Å². The van der Waals surface area contributed by atoms with Gasteiger partial charge in [-0.05, 0) is 31.7 Å². The summed E-state index contributed by atoms with van der Waals surface area (Å²) in [7, 11) is 1.60. The lowest BCUT2D eigenvalue weighted by Crippen LogP contribution is -2.38. The molecule has 0 spiro atoms. The van der Waals surface area contributed by atoms with Gasteiger partial charge in [-0.1, -0.05) is 31.0 Å². The van der Waals surface area contributed by atoms with Gasteiger partial charge in [0, 0.05) is 5.56 Å². The lowest BCUT2D eigenvalue weighted by molar-refractivity contribution is -0.145. The quantitative estimate of drug-likeness (QED) is 0.893. The van der Waals surface area contributed by atoms with Crippen LogP contribution in [0, 0.1) is 12.8 Å². The molecule has 2 rings (SSSR count). The summed E-state index contributed by atoms with van der Waals surface area (Å²) in [5.74, 6) is 0.110. The molecule has 0 heterocycles. The minimum Gasteiger partial charge on any atom is -0.496 e. The Morgan fingerprint density at radius 2 is 2.22 bits per heavy atom. The van der Waals surface area contributed by atoms with E-state index in [1.54, 1.807) is 7.11 Å². The van der Waals surface area contributed by atoms with E-state index in [-0.39, 0.29) is 5.92 Å². The van der Waals surface area contributed by atoms with Gasteiger partial charge in [0.1, 0.15) is 5.75 Å². The molecule has 0 saturated heterocycles. The smallest absolute Gasteiger partial charge is 0.314 e. The molecule has 2 atom stereocenters. The van der Waals surface area contributed by atoms with Crippen molar-refractivity contribution >= 4 is 5.97 Å². The Morgan fingerprint density at radius 3 is 2.72 bits per heavy atom. The van der Waals surface area contributed by atoms with Crippen LogP contribution in [0.25, 0.3) is 0 Å². The standard InChI is InChI=1S/C15H20O3/c1-10-6-7-13(18-3)12(9-10)15(14(16)17)8-4-5-11(15)2/h6-7,9,11H,4-5,8H2,1-3H3,(H,16,17). The Morgan fingerprint density at radius 1 is 1.50 bits per heavy atom. The van der Waals surface area contributed by atoms with E-state index in [4.69, 9.17) is 4.74 Å². The lowest BCUT2D eigenvalue weighted by Gasteiger charge is -2.31. The molecule has 1 fully saturated rings. The van der Waals surface area contributed by atoms with Gasteiger partial charge >= 0.3 is 5.97 Å². The summed E-state index contributed by atoms with van der Waals surface area (Å²) in [6, 6.07) is 5.80. The zero-order valence-electron chi connectivity index (χ0n) is 11.2. The highest BCUT2D eigenvalue weighted by Gasteiger charge is 2.49. The maximum Gasteiger partial charge on any atom is 0.314 e. The number of aliphatic carboxylic acids is 1. The van der Waals surface area contributed by atoms with Gasteiger partial charge in [0.25, 0.3) is 0 Å². The monoisotopic (exact) mass is 248 g/mol. The summed E-state index contributed by atoms with van der Waals surface area (Å²) in [4.78, 5) is 11.9. The third kappa shape index (κ3) is 1.78. The van der Waals surface area contributed by atoms with Gasteiger partial charge in [-0.25, -0.2) is 0 Å². The first-order valence-electron chi connectivity index (χ1n) is 6.41. The van der Waals surface area contributed by atoms with Crippen LogP contribution < -0.4 is 4.74 Å². The fraction of sp³-hybridized carbons (Fsp3) is 0.533. The number of aryl methyl sites for hydroxylation is 1. The summed E-state index contributed by atoms with van der Waals surface area (Å²) in [6.45, 7) is 4.01. The highest BCUT2D eigenvalue weighted by Crippen LogP contribution is 2.48. The van der Waals surface area contributed by atoms with Crippen molar-refractivity contribution in [3.8, 4) is 5.75 Å². The maximum absolute atomic E-state index is 11.9. The molecule has 1 aliphatic rings. The summed E-state index contributed by atoms with van der Waals surface area (Å²) < 4.78 is 5.37. The number of methoxy groups -OCH3 is 1. The predicted octanol–water partition coefficient (Wildman–Crippen LogP) is 3.15. The van der Waals surface area contributed by atoms with Crippen LogP contribution in [0.1, 0.15) is 37.3 Å². The highest BCUT2D eigenvalue weighted by atomic mass is 16.5. The first-order chi connectivity index (χ1) is 8.52. The van der Waals surface area contributed by atoms with Gasteiger partial charge < -0.3 is 9.84 Å². The first-order valence-corrected chi connectivity index (χ1v) is 6.41. The van der Waals surface area contributed by atoms with Gasteiger partial charge in [-0.3, -0.25) is 4.79 Å². The molecular weight excluding hydrogens is 228 g/mol. The second-order valence-corrected chi connectivity index (χ2v) is 5.27. The molecule has 0 radical (unpaired) electrons.